The van der Waals surface area contributed by atoms with Gasteiger partial charge in [0.15, 0.2) is 5.82 Å². The smallest absolute Gasteiger partial charge is 0.239 e. The zero-order valence-corrected chi connectivity index (χ0v) is 17.7. The van der Waals surface area contributed by atoms with E-state index in [1.807, 2.05) is 42.5 Å². The number of benzene rings is 2. The number of aliphatic hydroxyl groups is 1. The third-order valence-electron chi connectivity index (χ3n) is 5.38. The highest BCUT2D eigenvalue weighted by Crippen LogP contribution is 2.25. The summed E-state index contributed by atoms with van der Waals surface area (Å²) in [6.07, 6.45) is -0.579. The topological polar surface area (TPSA) is 91.1 Å². The highest BCUT2D eigenvalue weighted by molar-refractivity contribution is 5.91. The molecule has 8 heteroatoms. The van der Waals surface area contributed by atoms with Crippen LogP contribution in [-0.2, 0) is 4.79 Å². The average molecular weight is 425 g/mol. The largest absolute Gasteiger partial charge is 0.490 e. The van der Waals surface area contributed by atoms with Crippen LogP contribution in [0.2, 0.25) is 0 Å². The Morgan fingerprint density at radius 2 is 1.90 bits per heavy atom. The summed E-state index contributed by atoms with van der Waals surface area (Å²) in [6.45, 7) is 6.00. The minimum atomic E-state index is -0.579. The third kappa shape index (κ3) is 5.81. The summed E-state index contributed by atoms with van der Waals surface area (Å²) in [7, 11) is 0. The van der Waals surface area contributed by atoms with Crippen molar-refractivity contribution in [1.29, 1.82) is 0 Å². The van der Waals surface area contributed by atoms with Crippen molar-refractivity contribution in [2.24, 2.45) is 0 Å². The van der Waals surface area contributed by atoms with E-state index in [1.165, 1.54) is 0 Å². The van der Waals surface area contributed by atoms with Crippen molar-refractivity contribution in [2.45, 2.75) is 13.0 Å². The molecular formula is C23H28N4O4. The Balaban J connectivity index is 1.18. The van der Waals surface area contributed by atoms with Crippen molar-refractivity contribution < 1.29 is 19.2 Å². The molecule has 1 atom stereocenters. The van der Waals surface area contributed by atoms with Crippen LogP contribution < -0.4 is 10.1 Å². The molecule has 3 aromatic rings. The standard InChI is InChI=1S/C23H28N4O4/c1-17-13-22(25-31-17)24-23(29)15-27-11-9-26(10-12-27)14-19(28)16-30-21-8-4-6-18-5-2-3-7-20(18)21/h2-8,13,19,28H,9-12,14-16H2,1H3,(H,24,25,29)/t19-/m0/s1. The second-order valence-electron chi connectivity index (χ2n) is 7.89. The zero-order chi connectivity index (χ0) is 21.6. The van der Waals surface area contributed by atoms with Crippen LogP contribution >= 0.6 is 0 Å². The van der Waals surface area contributed by atoms with Gasteiger partial charge in [0, 0.05) is 44.2 Å². The Labute approximate surface area is 181 Å². The number of aromatic nitrogens is 1. The highest BCUT2D eigenvalue weighted by Gasteiger charge is 2.21. The van der Waals surface area contributed by atoms with Gasteiger partial charge in [0.05, 0.1) is 6.54 Å². The predicted molar refractivity (Wildman–Crippen MR) is 118 cm³/mol. The lowest BCUT2D eigenvalue weighted by molar-refractivity contribution is -0.117. The summed E-state index contributed by atoms with van der Waals surface area (Å²) < 4.78 is 10.9. The van der Waals surface area contributed by atoms with Crippen LogP contribution in [0, 0.1) is 6.92 Å². The number of fused-ring (bicyclic) bond motifs is 1. The number of β-amino-alcohol motifs (C(OH)–C–C–N with tert-alkyl or cyclic N) is 1. The van der Waals surface area contributed by atoms with E-state index in [0.717, 1.165) is 42.7 Å². The second kappa shape index (κ2) is 9.91. The molecule has 1 saturated heterocycles. The molecule has 1 fully saturated rings. The molecule has 0 unspecified atom stereocenters. The number of rotatable bonds is 8. The van der Waals surface area contributed by atoms with Crippen LogP contribution in [-0.4, -0.2) is 77.9 Å². The molecule has 1 aromatic heterocycles. The van der Waals surface area contributed by atoms with E-state index >= 15 is 0 Å². The summed E-state index contributed by atoms with van der Waals surface area (Å²) in [6, 6.07) is 15.7. The van der Waals surface area contributed by atoms with E-state index in [0.29, 0.717) is 24.7 Å². The quantitative estimate of drug-likeness (QED) is 0.572. The summed E-state index contributed by atoms with van der Waals surface area (Å²) in [4.78, 5) is 16.5. The molecule has 8 nitrogen and oxygen atoms in total. The van der Waals surface area contributed by atoms with E-state index in [2.05, 4.69) is 20.3 Å². The molecule has 164 valence electrons. The van der Waals surface area contributed by atoms with Gasteiger partial charge in [-0.3, -0.25) is 14.6 Å². The monoisotopic (exact) mass is 424 g/mol. The summed E-state index contributed by atoms with van der Waals surface area (Å²) in [5, 5.41) is 19.1. The maximum absolute atomic E-state index is 12.2. The second-order valence-corrected chi connectivity index (χ2v) is 7.89. The number of nitrogens with zero attached hydrogens (tertiary/aromatic N) is 3. The molecule has 31 heavy (non-hydrogen) atoms. The van der Waals surface area contributed by atoms with Gasteiger partial charge in [0.1, 0.15) is 24.2 Å². The Morgan fingerprint density at radius 1 is 1.16 bits per heavy atom. The van der Waals surface area contributed by atoms with E-state index in [-0.39, 0.29) is 12.5 Å². The number of aryl methyl sites for hydroxylation is 1. The van der Waals surface area contributed by atoms with Gasteiger partial charge in [-0.05, 0) is 18.4 Å². The van der Waals surface area contributed by atoms with Crippen molar-refractivity contribution in [3.05, 3.63) is 54.3 Å². The first kappa shape index (κ1) is 21.3. The molecule has 2 aromatic carbocycles. The Morgan fingerprint density at radius 3 is 2.68 bits per heavy atom. The van der Waals surface area contributed by atoms with E-state index in [9.17, 15) is 9.90 Å². The molecule has 1 aliphatic rings. The van der Waals surface area contributed by atoms with Crippen molar-refractivity contribution in [1.82, 2.24) is 15.0 Å². The molecule has 0 bridgehead atoms. The number of hydrogen-bond acceptors (Lipinski definition) is 7. The van der Waals surface area contributed by atoms with Gasteiger partial charge in [-0.25, -0.2) is 0 Å². The molecule has 1 aliphatic heterocycles. The fourth-order valence-electron chi connectivity index (χ4n) is 3.80. The van der Waals surface area contributed by atoms with Crippen molar-refractivity contribution >= 4 is 22.5 Å². The maximum atomic E-state index is 12.2. The lowest BCUT2D eigenvalue weighted by atomic mass is 10.1. The van der Waals surface area contributed by atoms with Gasteiger partial charge in [-0.15, -0.1) is 0 Å². The van der Waals surface area contributed by atoms with E-state index in [1.54, 1.807) is 13.0 Å². The highest BCUT2D eigenvalue weighted by atomic mass is 16.5. The predicted octanol–water partition coefficient (Wildman–Crippen LogP) is 2.13. The Bertz CT molecular complexity index is 1010. The van der Waals surface area contributed by atoms with Crippen LogP contribution in [0.25, 0.3) is 10.8 Å². The number of amides is 1. The SMILES string of the molecule is Cc1cc(NC(=O)CN2CCN(C[C@H](O)COc3cccc4ccccc34)CC2)no1. The number of hydrogen-bond donors (Lipinski definition) is 2. The van der Waals surface area contributed by atoms with Gasteiger partial charge in [0.2, 0.25) is 5.91 Å². The van der Waals surface area contributed by atoms with Gasteiger partial charge in [0.25, 0.3) is 0 Å². The summed E-state index contributed by atoms with van der Waals surface area (Å²) >= 11 is 0. The van der Waals surface area contributed by atoms with Crippen LogP contribution in [0.1, 0.15) is 5.76 Å². The maximum Gasteiger partial charge on any atom is 0.239 e. The number of carbonyl (C=O) groups excluding carboxylic acids is 1. The first-order valence-electron chi connectivity index (χ1n) is 10.5. The molecule has 1 amide bonds. The number of ether oxygens (including phenoxy) is 1. The van der Waals surface area contributed by atoms with Crippen LogP contribution in [0.5, 0.6) is 5.75 Å². The minimum Gasteiger partial charge on any atom is -0.490 e. The number of anilines is 1. The Hall–Kier alpha value is -2.94. The zero-order valence-electron chi connectivity index (χ0n) is 17.7. The number of piperazine rings is 1. The first-order chi connectivity index (χ1) is 15.1. The minimum absolute atomic E-state index is 0.106. The Kier molecular flexibility index (Phi) is 6.81. The molecule has 4 rings (SSSR count). The van der Waals surface area contributed by atoms with Crippen molar-refractivity contribution in [3.63, 3.8) is 0 Å². The normalized spacial score (nSPS) is 16.3. The summed E-state index contributed by atoms with van der Waals surface area (Å²) in [5.41, 5.74) is 0. The molecule has 0 saturated carbocycles. The summed E-state index contributed by atoms with van der Waals surface area (Å²) in [5.74, 6) is 1.78. The first-order valence-corrected chi connectivity index (χ1v) is 10.5. The van der Waals surface area contributed by atoms with E-state index < -0.39 is 6.10 Å². The lowest BCUT2D eigenvalue weighted by Crippen LogP contribution is -2.50. The molecule has 2 heterocycles. The number of aliphatic hydroxyl groups excluding tert-OH is 1. The average Bonchev–Trinajstić information content (AvgIpc) is 3.18. The van der Waals surface area contributed by atoms with Gasteiger partial charge < -0.3 is 19.7 Å². The molecule has 0 spiro atoms. The third-order valence-corrected chi connectivity index (χ3v) is 5.38. The molecule has 2 N–H and O–H groups in total. The number of carbonyl (C=O) groups is 1. The number of nitrogens with one attached hydrogen (secondary N) is 1. The van der Waals surface area contributed by atoms with Gasteiger partial charge >= 0.3 is 0 Å². The molecule has 0 aliphatic carbocycles. The molecular weight excluding hydrogens is 396 g/mol. The van der Waals surface area contributed by atoms with Gasteiger partial charge in [-0.2, -0.15) is 0 Å². The lowest BCUT2D eigenvalue weighted by Gasteiger charge is -2.35. The van der Waals surface area contributed by atoms with Crippen LogP contribution in [0.4, 0.5) is 5.82 Å². The van der Waals surface area contributed by atoms with Crippen LogP contribution in [0.3, 0.4) is 0 Å². The fraction of sp³-hybridized carbons (Fsp3) is 0.391. The van der Waals surface area contributed by atoms with Gasteiger partial charge in [-0.1, -0.05) is 41.6 Å². The van der Waals surface area contributed by atoms with Crippen molar-refractivity contribution in [3.8, 4) is 5.75 Å². The van der Waals surface area contributed by atoms with Crippen LogP contribution in [0.15, 0.2) is 53.1 Å². The van der Waals surface area contributed by atoms with Crippen molar-refractivity contribution in [2.75, 3.05) is 51.2 Å². The molecule has 0 radical (unpaired) electrons. The van der Waals surface area contributed by atoms with E-state index in [4.69, 9.17) is 9.26 Å². The fourth-order valence-corrected chi connectivity index (χ4v) is 3.80.